The van der Waals surface area contributed by atoms with Gasteiger partial charge in [0.2, 0.25) is 5.82 Å². The van der Waals surface area contributed by atoms with Crippen molar-refractivity contribution < 1.29 is 9.32 Å². The Bertz CT molecular complexity index is 1520. The molecule has 10 heteroatoms. The topological polar surface area (TPSA) is 143 Å². The number of rotatable bonds is 8. The molecule has 37 heavy (non-hydrogen) atoms. The molecule has 0 bridgehead atoms. The van der Waals surface area contributed by atoms with Crippen molar-refractivity contribution in [1.29, 1.82) is 5.41 Å². The molecule has 0 fully saturated rings. The molecule has 0 atom stereocenters. The highest BCUT2D eigenvalue weighted by Gasteiger charge is 2.18. The average Bonchev–Trinajstić information content (AvgIpc) is 3.19. The average molecular weight is 518 g/mol. The van der Waals surface area contributed by atoms with Crippen molar-refractivity contribution >= 4 is 39.9 Å². The number of anilines is 1. The summed E-state index contributed by atoms with van der Waals surface area (Å²) in [7, 11) is 0. The summed E-state index contributed by atoms with van der Waals surface area (Å²) < 4.78 is 5.35. The Kier molecular flexibility index (Phi) is 7.54. The number of fused-ring (bicyclic) bond motifs is 1. The Morgan fingerprint density at radius 3 is 2.57 bits per heavy atom. The Labute approximate surface area is 219 Å². The number of hydrogen-bond donors (Lipinski definition) is 4. The van der Waals surface area contributed by atoms with Gasteiger partial charge >= 0.3 is 0 Å². The third-order valence-electron chi connectivity index (χ3n) is 5.92. The number of nitrogens with zero attached hydrogens (tertiary/aromatic N) is 3. The second-order valence-electron chi connectivity index (χ2n) is 8.78. The van der Waals surface area contributed by atoms with E-state index in [0.717, 1.165) is 27.8 Å². The fourth-order valence-electron chi connectivity index (χ4n) is 4.06. The molecule has 2 heterocycles. The predicted molar refractivity (Wildman–Crippen MR) is 146 cm³/mol. The van der Waals surface area contributed by atoms with Gasteiger partial charge in [0.05, 0.1) is 11.2 Å². The fraction of sp³-hybridized carbons (Fsp3) is 0.222. The highest BCUT2D eigenvalue weighted by molar-refractivity contribution is 6.30. The second-order valence-corrected chi connectivity index (χ2v) is 9.22. The zero-order chi connectivity index (χ0) is 26.7. The maximum absolute atomic E-state index is 13.0. The maximum atomic E-state index is 13.0. The SMILES string of the molecule is CC(=N)/C(CNC(=O)c1nc(NCc2cccc(Cl)c2)c2cc(-c3c(C)noc3C)ccc2n1)=C(/C)N. The quantitative estimate of drug-likeness (QED) is 0.236. The van der Waals surface area contributed by atoms with Crippen molar-refractivity contribution in [2.45, 2.75) is 34.2 Å². The summed E-state index contributed by atoms with van der Waals surface area (Å²) in [5.41, 5.74) is 11.3. The van der Waals surface area contributed by atoms with Crippen LogP contribution in [0.4, 0.5) is 5.82 Å². The molecule has 0 saturated carbocycles. The predicted octanol–water partition coefficient (Wildman–Crippen LogP) is 5.17. The van der Waals surface area contributed by atoms with Crippen LogP contribution in [0.1, 0.15) is 41.5 Å². The van der Waals surface area contributed by atoms with E-state index in [9.17, 15) is 4.79 Å². The first-order valence-corrected chi connectivity index (χ1v) is 12.0. The van der Waals surface area contributed by atoms with E-state index >= 15 is 0 Å². The van der Waals surface area contributed by atoms with Gasteiger partial charge < -0.3 is 26.3 Å². The zero-order valence-corrected chi connectivity index (χ0v) is 21.8. The van der Waals surface area contributed by atoms with Gasteiger partial charge in [0.25, 0.3) is 5.91 Å². The Morgan fingerprint density at radius 1 is 1.14 bits per heavy atom. The van der Waals surface area contributed by atoms with Crippen molar-refractivity contribution in [3.8, 4) is 11.1 Å². The number of hydrogen-bond acceptors (Lipinski definition) is 8. The molecule has 0 saturated heterocycles. The van der Waals surface area contributed by atoms with Gasteiger partial charge in [0.1, 0.15) is 11.6 Å². The normalized spacial score (nSPS) is 11.8. The maximum Gasteiger partial charge on any atom is 0.289 e. The fourth-order valence-corrected chi connectivity index (χ4v) is 4.28. The minimum atomic E-state index is -0.470. The lowest BCUT2D eigenvalue weighted by Gasteiger charge is -2.13. The molecule has 9 nitrogen and oxygen atoms in total. The van der Waals surface area contributed by atoms with Crippen LogP contribution in [0.2, 0.25) is 5.02 Å². The van der Waals surface area contributed by atoms with Crippen molar-refractivity contribution in [3.05, 3.63) is 81.6 Å². The van der Waals surface area contributed by atoms with Gasteiger partial charge in [-0.1, -0.05) is 35.0 Å². The minimum Gasteiger partial charge on any atom is -0.402 e. The molecule has 190 valence electrons. The summed E-state index contributed by atoms with van der Waals surface area (Å²) in [5.74, 6) is 0.742. The van der Waals surface area contributed by atoms with Crippen LogP contribution in [0.3, 0.4) is 0 Å². The zero-order valence-electron chi connectivity index (χ0n) is 21.1. The standard InChI is InChI=1S/C27H28ClN7O2/c1-14(29)22(15(2)30)13-32-27(36)26-33-23-9-8-19(24-16(3)35-37-17(24)4)11-21(23)25(34-26)31-12-18-6-5-7-20(28)10-18/h5-11,29H,12-13,30H2,1-4H3,(H,32,36)(H,31,33,34)/b22-15-,29-14?. The number of aryl methyl sites for hydroxylation is 2. The molecule has 0 aliphatic heterocycles. The smallest absolute Gasteiger partial charge is 0.289 e. The van der Waals surface area contributed by atoms with Crippen LogP contribution in [-0.4, -0.2) is 33.3 Å². The number of allylic oxidation sites excluding steroid dienone is 1. The second kappa shape index (κ2) is 10.8. The van der Waals surface area contributed by atoms with Crippen LogP contribution in [0.25, 0.3) is 22.0 Å². The minimum absolute atomic E-state index is 0.00263. The lowest BCUT2D eigenvalue weighted by atomic mass is 10.0. The van der Waals surface area contributed by atoms with Crippen molar-refractivity contribution in [3.63, 3.8) is 0 Å². The largest absolute Gasteiger partial charge is 0.402 e. The van der Waals surface area contributed by atoms with Crippen LogP contribution in [0.5, 0.6) is 0 Å². The first kappa shape index (κ1) is 25.8. The van der Waals surface area contributed by atoms with Crippen LogP contribution in [0.15, 0.2) is 58.3 Å². The van der Waals surface area contributed by atoms with Crippen LogP contribution in [0, 0.1) is 19.3 Å². The third kappa shape index (κ3) is 5.78. The summed E-state index contributed by atoms with van der Waals surface area (Å²) in [6, 6.07) is 13.2. The molecule has 2 aromatic carbocycles. The van der Waals surface area contributed by atoms with Gasteiger partial charge in [-0.25, -0.2) is 9.97 Å². The molecule has 4 rings (SSSR count). The Morgan fingerprint density at radius 2 is 1.92 bits per heavy atom. The van der Waals surface area contributed by atoms with Gasteiger partial charge in [0.15, 0.2) is 0 Å². The van der Waals surface area contributed by atoms with E-state index in [1.165, 1.54) is 0 Å². The van der Waals surface area contributed by atoms with E-state index in [4.69, 9.17) is 27.3 Å². The monoisotopic (exact) mass is 517 g/mol. The molecule has 5 N–H and O–H groups in total. The first-order chi connectivity index (χ1) is 17.6. The van der Waals surface area contributed by atoms with Crippen molar-refractivity contribution in [2.75, 3.05) is 11.9 Å². The van der Waals surface area contributed by atoms with Gasteiger partial charge in [-0.05, 0) is 63.1 Å². The van der Waals surface area contributed by atoms with Crippen LogP contribution < -0.4 is 16.4 Å². The van der Waals surface area contributed by atoms with Gasteiger partial charge in [-0.2, -0.15) is 0 Å². The highest BCUT2D eigenvalue weighted by Crippen LogP contribution is 2.31. The number of aromatic nitrogens is 3. The molecular weight excluding hydrogens is 490 g/mol. The van der Waals surface area contributed by atoms with E-state index in [2.05, 4.69) is 25.8 Å². The third-order valence-corrected chi connectivity index (χ3v) is 6.16. The number of carbonyl (C=O) groups excluding carboxylic acids is 1. The number of halogens is 1. The number of carbonyl (C=O) groups is 1. The van der Waals surface area contributed by atoms with Crippen LogP contribution >= 0.6 is 11.6 Å². The molecule has 0 aliphatic carbocycles. The molecule has 0 radical (unpaired) electrons. The number of benzene rings is 2. The molecule has 2 aromatic heterocycles. The summed E-state index contributed by atoms with van der Waals surface area (Å²) in [5, 5.41) is 19.4. The van der Waals surface area contributed by atoms with E-state index in [0.29, 0.717) is 39.9 Å². The van der Waals surface area contributed by atoms with Gasteiger partial charge in [-0.3, -0.25) is 4.79 Å². The first-order valence-electron chi connectivity index (χ1n) is 11.7. The summed E-state index contributed by atoms with van der Waals surface area (Å²) in [6.45, 7) is 7.62. The number of amides is 1. The summed E-state index contributed by atoms with van der Waals surface area (Å²) >= 11 is 6.15. The summed E-state index contributed by atoms with van der Waals surface area (Å²) in [4.78, 5) is 22.1. The Balaban J connectivity index is 1.73. The van der Waals surface area contributed by atoms with E-state index in [1.807, 2.05) is 56.3 Å². The lowest BCUT2D eigenvalue weighted by molar-refractivity contribution is 0.0947. The van der Waals surface area contributed by atoms with E-state index < -0.39 is 5.91 Å². The van der Waals surface area contributed by atoms with Crippen LogP contribution in [-0.2, 0) is 6.54 Å². The van der Waals surface area contributed by atoms with Gasteiger partial charge in [0, 0.05) is 46.0 Å². The summed E-state index contributed by atoms with van der Waals surface area (Å²) in [6.07, 6.45) is 0. The molecule has 1 amide bonds. The van der Waals surface area contributed by atoms with Gasteiger partial charge in [-0.15, -0.1) is 0 Å². The highest BCUT2D eigenvalue weighted by atomic mass is 35.5. The number of nitrogens with two attached hydrogens (primary N) is 1. The molecule has 0 spiro atoms. The Hall–Kier alpha value is -4.24. The molecule has 4 aromatic rings. The molecule has 0 unspecified atom stereocenters. The van der Waals surface area contributed by atoms with E-state index in [1.54, 1.807) is 13.8 Å². The lowest BCUT2D eigenvalue weighted by Crippen LogP contribution is -2.30. The number of nitrogens with one attached hydrogen (secondary N) is 3. The van der Waals surface area contributed by atoms with E-state index in [-0.39, 0.29) is 18.1 Å². The molecular formula is C27H28ClN7O2. The van der Waals surface area contributed by atoms with Crippen molar-refractivity contribution in [1.82, 2.24) is 20.4 Å². The molecule has 0 aliphatic rings. The van der Waals surface area contributed by atoms with Crippen molar-refractivity contribution in [2.24, 2.45) is 5.73 Å².